The van der Waals surface area contributed by atoms with Crippen LogP contribution in [0.15, 0.2) is 30.3 Å². The molecule has 7 rings (SSSR count). The van der Waals surface area contributed by atoms with Crippen LogP contribution in [0.4, 0.5) is 0 Å². The zero-order valence-electron chi connectivity index (χ0n) is 27.2. The second kappa shape index (κ2) is 10.6. The molecule has 5 atom stereocenters. The molecule has 1 saturated heterocycles. The number of aliphatic hydroxyl groups is 1. The highest BCUT2D eigenvalue weighted by molar-refractivity contribution is 7.88. The summed E-state index contributed by atoms with van der Waals surface area (Å²) in [5.41, 5.74) is 1.10. The Bertz CT molecular complexity index is 1640. The highest BCUT2D eigenvalue weighted by Crippen LogP contribution is 2.66. The van der Waals surface area contributed by atoms with E-state index in [0.29, 0.717) is 34.4 Å². The van der Waals surface area contributed by atoms with E-state index in [2.05, 4.69) is 50.9 Å². The van der Waals surface area contributed by atoms with Crippen LogP contribution in [0.2, 0.25) is 28.2 Å². The van der Waals surface area contributed by atoms with Crippen LogP contribution in [0.25, 0.3) is 0 Å². The maximum Gasteiger partial charge on any atom is 0.250 e. The number of halogens is 2. The Morgan fingerprint density at radius 1 is 1.11 bits per heavy atom. The van der Waals surface area contributed by atoms with E-state index in [1.807, 2.05) is 0 Å². The van der Waals surface area contributed by atoms with Crippen LogP contribution in [0.1, 0.15) is 69.6 Å². The van der Waals surface area contributed by atoms with Gasteiger partial charge in [0.05, 0.1) is 32.9 Å². The van der Waals surface area contributed by atoms with E-state index in [0.717, 1.165) is 43.0 Å². The molecule has 3 fully saturated rings. The van der Waals surface area contributed by atoms with E-state index < -0.39 is 41.5 Å². The third-order valence-corrected chi connectivity index (χ3v) is 19.1. The normalized spacial score (nSPS) is 31.1. The van der Waals surface area contributed by atoms with Gasteiger partial charge in [0.2, 0.25) is 10.0 Å². The van der Waals surface area contributed by atoms with Gasteiger partial charge in [-0.1, -0.05) is 56.1 Å². The van der Waals surface area contributed by atoms with Gasteiger partial charge < -0.3 is 14.3 Å². The van der Waals surface area contributed by atoms with Crippen molar-refractivity contribution >= 4 is 41.5 Å². The predicted octanol–water partition coefficient (Wildman–Crippen LogP) is 6.77. The van der Waals surface area contributed by atoms with Crippen molar-refractivity contribution in [2.75, 3.05) is 20.1 Å². The van der Waals surface area contributed by atoms with Crippen molar-refractivity contribution < 1.29 is 22.7 Å². The summed E-state index contributed by atoms with van der Waals surface area (Å²) in [5.74, 6) is 1.96. The number of rotatable bonds is 8. The molecule has 2 aliphatic heterocycles. The number of nitrogens with zero attached hydrogens (tertiary/aromatic N) is 2. The van der Waals surface area contributed by atoms with E-state index in [4.69, 9.17) is 32.4 Å². The van der Waals surface area contributed by atoms with Crippen molar-refractivity contribution in [3.63, 3.8) is 0 Å². The fourth-order valence-electron chi connectivity index (χ4n) is 8.47. The zero-order valence-corrected chi connectivity index (χ0v) is 30.5. The Labute approximate surface area is 279 Å². The van der Waals surface area contributed by atoms with E-state index in [-0.39, 0.29) is 16.8 Å². The average molecular weight is 694 g/mol. The molecule has 2 saturated carbocycles. The van der Waals surface area contributed by atoms with Crippen LogP contribution in [-0.4, -0.2) is 75.0 Å². The molecule has 7 nitrogen and oxygen atoms in total. The third kappa shape index (κ3) is 4.93. The average Bonchev–Trinajstić information content (AvgIpc) is 3.69. The monoisotopic (exact) mass is 692 g/mol. The number of sulfonamides is 1. The van der Waals surface area contributed by atoms with Crippen molar-refractivity contribution in [1.82, 2.24) is 9.21 Å². The second-order valence-corrected chi connectivity index (χ2v) is 23.3. The Kier molecular flexibility index (Phi) is 7.58. The lowest BCUT2D eigenvalue weighted by Crippen LogP contribution is -2.78. The lowest BCUT2D eigenvalue weighted by atomic mass is 9.48. The highest BCUT2D eigenvalue weighted by atomic mass is 35.5. The maximum atomic E-state index is 14.0. The Hall–Kier alpha value is -1.33. The van der Waals surface area contributed by atoms with Crippen LogP contribution >= 0.6 is 23.2 Å². The summed E-state index contributed by atoms with van der Waals surface area (Å²) in [6, 6.07) is 8.74. The summed E-state index contributed by atoms with van der Waals surface area (Å²) in [7, 11) is -4.33. The first-order valence-corrected chi connectivity index (χ1v) is 21.6. The molecule has 2 heterocycles. The van der Waals surface area contributed by atoms with Gasteiger partial charge in [0.1, 0.15) is 11.9 Å². The molecule has 0 aromatic heterocycles. The highest BCUT2D eigenvalue weighted by Gasteiger charge is 2.73. The smallest absolute Gasteiger partial charge is 0.250 e. The fraction of sp³-hybridized carbons (Fsp3) is 0.647. The van der Waals surface area contributed by atoms with Gasteiger partial charge in [0.25, 0.3) is 8.32 Å². The minimum Gasteiger partial charge on any atom is -0.541 e. The first kappa shape index (κ1) is 32.2. The summed E-state index contributed by atoms with van der Waals surface area (Å²) >= 11 is 12.4. The molecule has 3 aliphatic carbocycles. The minimum absolute atomic E-state index is 0.0132. The van der Waals surface area contributed by atoms with Crippen molar-refractivity contribution in [2.24, 2.45) is 5.92 Å². The van der Waals surface area contributed by atoms with Gasteiger partial charge in [0.15, 0.2) is 5.75 Å². The lowest BCUT2D eigenvalue weighted by Gasteiger charge is -2.64. The molecule has 2 aromatic rings. The summed E-state index contributed by atoms with van der Waals surface area (Å²) in [4.78, 5) is 2.53. The molecular formula is C34H46Cl2N2O5SSi. The van der Waals surface area contributed by atoms with Crippen LogP contribution in [0, 0.1) is 5.92 Å². The molecule has 0 radical (unpaired) electrons. The first-order valence-electron chi connectivity index (χ1n) is 16.4. The summed E-state index contributed by atoms with van der Waals surface area (Å²) in [6.07, 6.45) is 4.50. The number of hydrogen-bond acceptors (Lipinski definition) is 6. The third-order valence-electron chi connectivity index (χ3n) is 12.1. The SMILES string of the molecule is CN([C@@H]1CC[C@@]2(O)[C@@H]3Cc4ccc(O[Si](C)(C)C(C)(C)C)c5c4[C@@]2(CCN3CC2CC2)[C@H]1O5)S(=O)(=O)Cc1ccc(Cl)c(Cl)c1. The van der Waals surface area contributed by atoms with Gasteiger partial charge in [-0.2, -0.15) is 4.31 Å². The molecule has 45 heavy (non-hydrogen) atoms. The molecular weight excluding hydrogens is 647 g/mol. The van der Waals surface area contributed by atoms with E-state index in [9.17, 15) is 13.5 Å². The number of benzene rings is 2. The molecule has 1 N–H and O–H groups in total. The van der Waals surface area contributed by atoms with Gasteiger partial charge in [0, 0.05) is 25.2 Å². The summed E-state index contributed by atoms with van der Waals surface area (Å²) < 4.78 is 43.5. The number of piperidine rings is 1. The maximum absolute atomic E-state index is 14.0. The van der Waals surface area contributed by atoms with E-state index in [1.54, 1.807) is 25.2 Å². The van der Waals surface area contributed by atoms with Crippen LogP contribution < -0.4 is 9.16 Å². The predicted molar refractivity (Wildman–Crippen MR) is 182 cm³/mol. The number of ether oxygens (including phenoxy) is 1. The molecule has 5 aliphatic rings. The van der Waals surface area contributed by atoms with Gasteiger partial charge in [-0.15, -0.1) is 0 Å². The van der Waals surface area contributed by atoms with Gasteiger partial charge in [-0.3, -0.25) is 4.90 Å². The van der Waals surface area contributed by atoms with Crippen LogP contribution in [0.3, 0.4) is 0 Å². The first-order chi connectivity index (χ1) is 21.0. The minimum atomic E-state index is -3.77. The van der Waals surface area contributed by atoms with Crippen molar-refractivity contribution in [3.05, 3.63) is 57.1 Å². The zero-order chi connectivity index (χ0) is 32.3. The topological polar surface area (TPSA) is 79.3 Å². The summed E-state index contributed by atoms with van der Waals surface area (Å²) in [5, 5.41) is 13.7. The van der Waals surface area contributed by atoms with E-state index in [1.165, 1.54) is 22.7 Å². The number of hydrogen-bond donors (Lipinski definition) is 1. The van der Waals surface area contributed by atoms with Gasteiger partial charge in [-0.05, 0) is 98.4 Å². The van der Waals surface area contributed by atoms with Gasteiger partial charge >= 0.3 is 0 Å². The Morgan fingerprint density at radius 2 is 1.84 bits per heavy atom. The molecule has 246 valence electrons. The van der Waals surface area contributed by atoms with Crippen LogP contribution in [0.5, 0.6) is 11.5 Å². The van der Waals surface area contributed by atoms with E-state index >= 15 is 0 Å². The standard InChI is InChI=1S/C34H46Cl2N2O5SSi/c1-32(2,3)45(5,6)43-27-12-10-23-18-28-34(39)14-13-26(37(4)44(40,41)20-22-9-11-24(35)25(36)17-22)31-33(34,29(23)30(27)42-31)15-16-38(28)19-21-7-8-21/h9-12,17,21,26,28,31,39H,7-8,13-16,18-20H2,1-6H3/t26-,28+,31+,33+,34-/m1/s1. The number of likely N-dealkylation sites (N-methyl/N-ethyl adjacent to an activating group) is 1. The Balaban J connectivity index is 1.31. The molecule has 2 aromatic carbocycles. The molecule has 2 bridgehead atoms. The van der Waals surface area contributed by atoms with Gasteiger partial charge in [-0.25, -0.2) is 8.42 Å². The summed E-state index contributed by atoms with van der Waals surface area (Å²) in [6.45, 7) is 13.0. The molecule has 0 amide bonds. The molecule has 0 unspecified atom stereocenters. The quantitative estimate of drug-likeness (QED) is 0.308. The van der Waals surface area contributed by atoms with Crippen LogP contribution in [-0.2, 0) is 27.6 Å². The van der Waals surface area contributed by atoms with Crippen molar-refractivity contribution in [3.8, 4) is 11.5 Å². The molecule has 1 spiro atoms. The number of likely N-dealkylation sites (tertiary alicyclic amines) is 1. The Morgan fingerprint density at radius 3 is 2.51 bits per heavy atom. The van der Waals surface area contributed by atoms with Crippen molar-refractivity contribution in [2.45, 2.75) is 112 Å². The molecule has 11 heteroatoms. The largest absolute Gasteiger partial charge is 0.541 e. The van der Waals surface area contributed by atoms with Crippen molar-refractivity contribution in [1.29, 1.82) is 0 Å². The second-order valence-electron chi connectivity index (χ2n) is 15.8. The fourth-order valence-corrected chi connectivity index (χ4v) is 11.2. The lowest BCUT2D eigenvalue weighted by molar-refractivity contribution is -0.195.